The molecule has 1 aliphatic carbocycles. The minimum absolute atomic E-state index is 0.295. The Morgan fingerprint density at radius 1 is 1.53 bits per heavy atom. The molecule has 0 amide bonds. The SMILES string of the molecule is C=C1C[C@@](CC)(C(=O)OCC)[C@@](C)(O)C1. The molecule has 0 saturated heterocycles. The highest BCUT2D eigenvalue weighted by atomic mass is 16.5. The molecule has 3 heteroatoms. The standard InChI is InChI=1S/C12H20O3/c1-5-12(10(13)15-6-2)8-9(3)7-11(12,4)14/h14H,3,5-8H2,1-2,4H3/t11-,12-/m0/s1. The summed E-state index contributed by atoms with van der Waals surface area (Å²) >= 11 is 0. The number of hydrogen-bond donors (Lipinski definition) is 1. The summed E-state index contributed by atoms with van der Waals surface area (Å²) in [6.07, 6.45) is 1.60. The summed E-state index contributed by atoms with van der Waals surface area (Å²) < 4.78 is 5.06. The smallest absolute Gasteiger partial charge is 0.315 e. The lowest BCUT2D eigenvalue weighted by molar-refractivity contribution is -0.169. The molecule has 1 saturated carbocycles. The first kappa shape index (κ1) is 12.2. The second-order valence-corrected chi connectivity index (χ2v) is 4.53. The number of ether oxygens (including phenoxy) is 1. The van der Waals surface area contributed by atoms with Crippen LogP contribution >= 0.6 is 0 Å². The van der Waals surface area contributed by atoms with E-state index in [0.717, 1.165) is 5.57 Å². The summed E-state index contributed by atoms with van der Waals surface area (Å²) in [6, 6.07) is 0. The van der Waals surface area contributed by atoms with Crippen LogP contribution in [0, 0.1) is 5.41 Å². The summed E-state index contributed by atoms with van der Waals surface area (Å²) in [7, 11) is 0. The van der Waals surface area contributed by atoms with Crippen LogP contribution < -0.4 is 0 Å². The fourth-order valence-corrected chi connectivity index (χ4v) is 2.55. The molecule has 0 aliphatic heterocycles. The van der Waals surface area contributed by atoms with Crippen molar-refractivity contribution in [1.82, 2.24) is 0 Å². The maximum atomic E-state index is 11.9. The molecule has 0 aromatic rings. The molecule has 0 aromatic heterocycles. The van der Waals surface area contributed by atoms with Crippen molar-refractivity contribution >= 4 is 5.97 Å². The van der Waals surface area contributed by atoms with E-state index in [1.807, 2.05) is 6.92 Å². The minimum atomic E-state index is -1.02. The number of carbonyl (C=O) groups is 1. The maximum Gasteiger partial charge on any atom is 0.315 e. The molecule has 2 atom stereocenters. The van der Waals surface area contributed by atoms with E-state index < -0.39 is 11.0 Å². The van der Waals surface area contributed by atoms with Crippen LogP contribution in [0.2, 0.25) is 0 Å². The Bertz CT molecular complexity index is 281. The second-order valence-electron chi connectivity index (χ2n) is 4.53. The van der Waals surface area contributed by atoms with Gasteiger partial charge in [-0.1, -0.05) is 19.1 Å². The first-order chi connectivity index (χ1) is 6.89. The van der Waals surface area contributed by atoms with Crippen molar-refractivity contribution in [2.24, 2.45) is 5.41 Å². The third-order valence-corrected chi connectivity index (χ3v) is 3.45. The Hall–Kier alpha value is -0.830. The van der Waals surface area contributed by atoms with Gasteiger partial charge in [0.2, 0.25) is 0 Å². The Morgan fingerprint density at radius 2 is 2.13 bits per heavy atom. The van der Waals surface area contributed by atoms with Crippen LogP contribution in [0.3, 0.4) is 0 Å². The third kappa shape index (κ3) is 1.81. The molecule has 3 nitrogen and oxygen atoms in total. The summed E-state index contributed by atoms with van der Waals surface area (Å²) in [6.45, 7) is 9.60. The van der Waals surface area contributed by atoms with E-state index in [2.05, 4.69) is 6.58 Å². The van der Waals surface area contributed by atoms with Crippen LogP contribution in [0.15, 0.2) is 12.2 Å². The van der Waals surface area contributed by atoms with Crippen LogP contribution in [0.1, 0.15) is 40.0 Å². The van der Waals surface area contributed by atoms with Crippen LogP contribution in [0.25, 0.3) is 0 Å². The van der Waals surface area contributed by atoms with Crippen molar-refractivity contribution in [3.8, 4) is 0 Å². The van der Waals surface area contributed by atoms with E-state index in [0.29, 0.717) is 25.9 Å². The molecule has 1 rings (SSSR count). The van der Waals surface area contributed by atoms with Gasteiger partial charge in [-0.15, -0.1) is 0 Å². The van der Waals surface area contributed by atoms with E-state index in [9.17, 15) is 9.90 Å². The second kappa shape index (κ2) is 3.97. The number of esters is 1. The van der Waals surface area contributed by atoms with Gasteiger partial charge in [0.05, 0.1) is 12.2 Å². The van der Waals surface area contributed by atoms with Crippen molar-refractivity contribution < 1.29 is 14.6 Å². The molecule has 0 heterocycles. The van der Waals surface area contributed by atoms with Gasteiger partial charge in [0.15, 0.2) is 0 Å². The predicted molar refractivity (Wildman–Crippen MR) is 58.4 cm³/mol. The van der Waals surface area contributed by atoms with Crippen LogP contribution in [0.5, 0.6) is 0 Å². The third-order valence-electron chi connectivity index (χ3n) is 3.45. The predicted octanol–water partition coefficient (Wildman–Crippen LogP) is 2.05. The van der Waals surface area contributed by atoms with Crippen LogP contribution in [-0.2, 0) is 9.53 Å². The quantitative estimate of drug-likeness (QED) is 0.575. The number of carbonyl (C=O) groups excluding carboxylic acids is 1. The molecule has 0 aromatic carbocycles. The van der Waals surface area contributed by atoms with Crippen LogP contribution in [-0.4, -0.2) is 23.3 Å². The van der Waals surface area contributed by atoms with Crippen molar-refractivity contribution in [3.63, 3.8) is 0 Å². The van der Waals surface area contributed by atoms with E-state index in [1.165, 1.54) is 0 Å². The summed E-state index contributed by atoms with van der Waals surface area (Å²) in [5.41, 5.74) is -0.888. The summed E-state index contributed by atoms with van der Waals surface area (Å²) in [4.78, 5) is 11.9. The largest absolute Gasteiger partial charge is 0.465 e. The molecule has 1 fully saturated rings. The van der Waals surface area contributed by atoms with Crippen molar-refractivity contribution in [2.45, 2.75) is 45.6 Å². The monoisotopic (exact) mass is 212 g/mol. The van der Waals surface area contributed by atoms with E-state index in [4.69, 9.17) is 4.74 Å². The average Bonchev–Trinajstić information content (AvgIpc) is 2.36. The molecule has 0 radical (unpaired) electrons. The van der Waals surface area contributed by atoms with Crippen molar-refractivity contribution in [2.75, 3.05) is 6.61 Å². The Kier molecular flexibility index (Phi) is 3.24. The molecule has 0 spiro atoms. The van der Waals surface area contributed by atoms with Gasteiger partial charge >= 0.3 is 5.97 Å². The van der Waals surface area contributed by atoms with E-state index in [1.54, 1.807) is 13.8 Å². The van der Waals surface area contributed by atoms with Gasteiger partial charge in [0, 0.05) is 0 Å². The minimum Gasteiger partial charge on any atom is -0.465 e. The summed E-state index contributed by atoms with van der Waals surface area (Å²) in [5, 5.41) is 10.3. The average molecular weight is 212 g/mol. The Labute approximate surface area is 91.1 Å². The van der Waals surface area contributed by atoms with Gasteiger partial charge in [-0.25, -0.2) is 0 Å². The lowest BCUT2D eigenvalue weighted by Gasteiger charge is -2.36. The number of rotatable bonds is 3. The first-order valence-electron chi connectivity index (χ1n) is 5.46. The summed E-state index contributed by atoms with van der Waals surface area (Å²) in [5.74, 6) is -0.295. The van der Waals surface area contributed by atoms with Crippen molar-refractivity contribution in [1.29, 1.82) is 0 Å². The van der Waals surface area contributed by atoms with E-state index >= 15 is 0 Å². The van der Waals surface area contributed by atoms with Crippen LogP contribution in [0.4, 0.5) is 0 Å². The van der Waals surface area contributed by atoms with Gasteiger partial charge in [0.1, 0.15) is 5.41 Å². The van der Waals surface area contributed by atoms with Gasteiger partial charge in [-0.05, 0) is 33.1 Å². The highest BCUT2D eigenvalue weighted by molar-refractivity contribution is 5.79. The van der Waals surface area contributed by atoms with Gasteiger partial charge in [-0.3, -0.25) is 4.79 Å². The van der Waals surface area contributed by atoms with Gasteiger partial charge in [0.25, 0.3) is 0 Å². The molecular formula is C12H20O3. The first-order valence-corrected chi connectivity index (χ1v) is 5.46. The Morgan fingerprint density at radius 3 is 2.47 bits per heavy atom. The molecule has 1 N–H and O–H groups in total. The fraction of sp³-hybridized carbons (Fsp3) is 0.750. The molecule has 86 valence electrons. The highest BCUT2D eigenvalue weighted by Gasteiger charge is 2.57. The molecule has 1 aliphatic rings. The fourth-order valence-electron chi connectivity index (χ4n) is 2.55. The van der Waals surface area contributed by atoms with Gasteiger partial charge < -0.3 is 9.84 Å². The van der Waals surface area contributed by atoms with E-state index in [-0.39, 0.29) is 5.97 Å². The number of aliphatic hydroxyl groups is 1. The normalized spacial score (nSPS) is 35.6. The lowest BCUT2D eigenvalue weighted by Crippen LogP contribution is -2.47. The number of hydrogen-bond acceptors (Lipinski definition) is 3. The zero-order valence-corrected chi connectivity index (χ0v) is 9.80. The zero-order valence-electron chi connectivity index (χ0n) is 9.80. The molecular weight excluding hydrogens is 192 g/mol. The topological polar surface area (TPSA) is 46.5 Å². The maximum absolute atomic E-state index is 11.9. The van der Waals surface area contributed by atoms with Gasteiger partial charge in [-0.2, -0.15) is 0 Å². The molecule has 15 heavy (non-hydrogen) atoms. The van der Waals surface area contributed by atoms with Crippen molar-refractivity contribution in [3.05, 3.63) is 12.2 Å². The zero-order chi connectivity index (χ0) is 11.7. The highest BCUT2D eigenvalue weighted by Crippen LogP contribution is 2.51. The Balaban J connectivity index is 3.03. The lowest BCUT2D eigenvalue weighted by atomic mass is 9.73. The molecule has 0 unspecified atom stereocenters. The molecule has 0 bridgehead atoms.